The molecular weight excluding hydrogens is 328 g/mol. The van der Waals surface area contributed by atoms with Crippen LogP contribution in [0, 0.1) is 6.92 Å². The predicted octanol–water partition coefficient (Wildman–Crippen LogP) is 2.40. The monoisotopic (exact) mass is 350 g/mol. The van der Waals surface area contributed by atoms with Crippen molar-refractivity contribution in [3.05, 3.63) is 46.7 Å². The molecule has 1 fully saturated rings. The number of amides is 2. The second-order valence-electron chi connectivity index (χ2n) is 7.38. The van der Waals surface area contributed by atoms with Gasteiger partial charge in [0.25, 0.3) is 0 Å². The zero-order valence-corrected chi connectivity index (χ0v) is 15.1. The second-order valence-corrected chi connectivity index (χ2v) is 7.38. The van der Waals surface area contributed by atoms with Crippen molar-refractivity contribution in [1.82, 2.24) is 24.8 Å². The van der Waals surface area contributed by atoms with E-state index in [0.29, 0.717) is 19.6 Å². The summed E-state index contributed by atoms with van der Waals surface area (Å²) in [5.41, 5.74) is 4.46. The molecule has 0 radical (unpaired) electrons. The van der Waals surface area contributed by atoms with Crippen molar-refractivity contribution in [1.29, 1.82) is 0 Å². The summed E-state index contributed by atoms with van der Waals surface area (Å²) in [5.74, 6) is 1.81. The van der Waals surface area contributed by atoms with E-state index < -0.39 is 0 Å². The Balaban J connectivity index is 1.42. The molecule has 7 heteroatoms. The molecule has 0 aromatic carbocycles. The first kappa shape index (κ1) is 15.5. The van der Waals surface area contributed by atoms with E-state index in [1.807, 2.05) is 29.0 Å². The smallest absolute Gasteiger partial charge is 0.321 e. The number of pyridine rings is 1. The Kier molecular flexibility index (Phi) is 3.38. The lowest BCUT2D eigenvalue weighted by Gasteiger charge is -2.34. The lowest BCUT2D eigenvalue weighted by atomic mass is 10.1. The maximum absolute atomic E-state index is 13.2. The number of rotatable bonds is 1. The SMILES string of the molecule is Cc1nc2c(c(N3CCC3)n1)C(C)N(C(=O)N1Cc3ccncc3C1)C2. The molecule has 0 saturated carbocycles. The molecule has 2 aromatic rings. The van der Waals surface area contributed by atoms with Gasteiger partial charge >= 0.3 is 6.03 Å². The molecule has 0 spiro atoms. The summed E-state index contributed by atoms with van der Waals surface area (Å²) in [6.45, 7) is 7.95. The van der Waals surface area contributed by atoms with Crippen LogP contribution < -0.4 is 4.90 Å². The van der Waals surface area contributed by atoms with E-state index in [1.165, 1.54) is 12.0 Å². The standard InChI is InChI=1S/C19H22N6O/c1-12-17-16(21-13(2)22-18(17)23-6-3-7-23)11-25(12)19(26)24-9-14-4-5-20-8-15(14)10-24/h4-5,8,12H,3,6-7,9-11H2,1-2H3. The van der Waals surface area contributed by atoms with E-state index in [4.69, 9.17) is 4.98 Å². The van der Waals surface area contributed by atoms with Crippen molar-refractivity contribution in [3.8, 4) is 0 Å². The van der Waals surface area contributed by atoms with Crippen LogP contribution in [-0.2, 0) is 19.6 Å². The molecule has 1 unspecified atom stereocenters. The van der Waals surface area contributed by atoms with Gasteiger partial charge in [0.15, 0.2) is 0 Å². The third kappa shape index (κ3) is 2.26. The van der Waals surface area contributed by atoms with Crippen molar-refractivity contribution in [2.24, 2.45) is 0 Å². The van der Waals surface area contributed by atoms with Crippen molar-refractivity contribution in [3.63, 3.8) is 0 Å². The van der Waals surface area contributed by atoms with Crippen LogP contribution in [0.2, 0.25) is 0 Å². The third-order valence-electron chi connectivity index (χ3n) is 5.72. The zero-order chi connectivity index (χ0) is 17.8. The number of anilines is 1. The topological polar surface area (TPSA) is 65.5 Å². The summed E-state index contributed by atoms with van der Waals surface area (Å²) < 4.78 is 0. The number of urea groups is 1. The maximum Gasteiger partial charge on any atom is 0.321 e. The van der Waals surface area contributed by atoms with Crippen LogP contribution in [0.4, 0.5) is 10.6 Å². The Labute approximate surface area is 152 Å². The Bertz CT molecular complexity index is 869. The molecule has 2 aromatic heterocycles. The Morgan fingerprint density at radius 3 is 2.69 bits per heavy atom. The van der Waals surface area contributed by atoms with E-state index in [9.17, 15) is 4.79 Å². The highest BCUT2D eigenvalue weighted by atomic mass is 16.2. The molecule has 1 saturated heterocycles. The van der Waals surface area contributed by atoms with Crippen LogP contribution >= 0.6 is 0 Å². The number of carbonyl (C=O) groups excluding carboxylic acids is 1. The van der Waals surface area contributed by atoms with Gasteiger partial charge in [0, 0.05) is 44.1 Å². The summed E-state index contributed by atoms with van der Waals surface area (Å²) in [7, 11) is 0. The van der Waals surface area contributed by atoms with Gasteiger partial charge in [-0.2, -0.15) is 0 Å². The number of nitrogens with zero attached hydrogens (tertiary/aromatic N) is 6. The number of fused-ring (bicyclic) bond motifs is 2. The number of aryl methyl sites for hydroxylation is 1. The molecule has 0 aliphatic carbocycles. The van der Waals surface area contributed by atoms with Crippen LogP contribution in [0.25, 0.3) is 0 Å². The van der Waals surface area contributed by atoms with E-state index in [2.05, 4.69) is 21.8 Å². The van der Waals surface area contributed by atoms with Crippen LogP contribution in [0.15, 0.2) is 18.5 Å². The normalized spacial score (nSPS) is 20.8. The number of hydrogen-bond donors (Lipinski definition) is 0. The molecule has 5 heterocycles. The lowest BCUT2D eigenvalue weighted by Crippen LogP contribution is -2.40. The van der Waals surface area contributed by atoms with E-state index >= 15 is 0 Å². The van der Waals surface area contributed by atoms with Gasteiger partial charge in [-0.15, -0.1) is 0 Å². The molecule has 1 atom stereocenters. The summed E-state index contributed by atoms with van der Waals surface area (Å²) in [6, 6.07) is 2.07. The Morgan fingerprint density at radius 1 is 1.15 bits per heavy atom. The van der Waals surface area contributed by atoms with Gasteiger partial charge in [-0.25, -0.2) is 14.8 Å². The van der Waals surface area contributed by atoms with Gasteiger partial charge in [-0.05, 0) is 37.5 Å². The molecule has 3 aliphatic rings. The van der Waals surface area contributed by atoms with Crippen LogP contribution in [-0.4, -0.2) is 43.9 Å². The van der Waals surface area contributed by atoms with E-state index in [-0.39, 0.29) is 12.1 Å². The van der Waals surface area contributed by atoms with Crippen LogP contribution in [0.1, 0.15) is 47.6 Å². The number of carbonyl (C=O) groups is 1. The number of aromatic nitrogens is 3. The fraction of sp³-hybridized carbons (Fsp3) is 0.474. The van der Waals surface area contributed by atoms with Gasteiger partial charge in [-0.3, -0.25) is 4.98 Å². The molecule has 5 rings (SSSR count). The van der Waals surface area contributed by atoms with Gasteiger partial charge < -0.3 is 14.7 Å². The highest BCUT2D eigenvalue weighted by Crippen LogP contribution is 2.40. The summed E-state index contributed by atoms with van der Waals surface area (Å²) in [6.07, 6.45) is 4.86. The molecule has 0 bridgehead atoms. The molecule has 0 N–H and O–H groups in total. The quantitative estimate of drug-likeness (QED) is 0.790. The molecule has 26 heavy (non-hydrogen) atoms. The van der Waals surface area contributed by atoms with E-state index in [0.717, 1.165) is 41.6 Å². The Hall–Kier alpha value is -2.70. The highest BCUT2D eigenvalue weighted by Gasteiger charge is 2.39. The molecule has 3 aliphatic heterocycles. The predicted molar refractivity (Wildman–Crippen MR) is 96.4 cm³/mol. The Morgan fingerprint density at radius 2 is 1.96 bits per heavy atom. The largest absolute Gasteiger partial charge is 0.356 e. The third-order valence-corrected chi connectivity index (χ3v) is 5.72. The maximum atomic E-state index is 13.2. The summed E-state index contributed by atoms with van der Waals surface area (Å²) in [4.78, 5) is 32.9. The van der Waals surface area contributed by atoms with Crippen molar-refractivity contribution in [2.75, 3.05) is 18.0 Å². The second kappa shape index (κ2) is 5.65. The first-order valence-corrected chi connectivity index (χ1v) is 9.21. The van der Waals surface area contributed by atoms with Gasteiger partial charge in [0.1, 0.15) is 11.6 Å². The fourth-order valence-electron chi connectivity index (χ4n) is 4.16. The molecule has 134 valence electrons. The fourth-order valence-corrected chi connectivity index (χ4v) is 4.16. The van der Waals surface area contributed by atoms with Gasteiger partial charge in [0.2, 0.25) is 0 Å². The zero-order valence-electron chi connectivity index (χ0n) is 15.1. The minimum Gasteiger partial charge on any atom is -0.356 e. The molecular formula is C19H22N6O. The summed E-state index contributed by atoms with van der Waals surface area (Å²) in [5, 5.41) is 0. The minimum absolute atomic E-state index is 0.00413. The lowest BCUT2D eigenvalue weighted by molar-refractivity contribution is 0.140. The van der Waals surface area contributed by atoms with Crippen LogP contribution in [0.3, 0.4) is 0 Å². The van der Waals surface area contributed by atoms with Crippen molar-refractivity contribution in [2.45, 2.75) is 45.9 Å². The van der Waals surface area contributed by atoms with Gasteiger partial charge in [0.05, 0.1) is 18.3 Å². The molecule has 7 nitrogen and oxygen atoms in total. The average Bonchev–Trinajstić information content (AvgIpc) is 3.14. The van der Waals surface area contributed by atoms with Crippen molar-refractivity contribution < 1.29 is 4.79 Å². The molecule has 2 amide bonds. The van der Waals surface area contributed by atoms with E-state index in [1.54, 1.807) is 6.20 Å². The highest BCUT2D eigenvalue weighted by molar-refractivity contribution is 5.77. The van der Waals surface area contributed by atoms with Crippen molar-refractivity contribution >= 4 is 11.8 Å². The van der Waals surface area contributed by atoms with Gasteiger partial charge in [-0.1, -0.05) is 0 Å². The number of hydrogen-bond acceptors (Lipinski definition) is 5. The average molecular weight is 350 g/mol. The summed E-state index contributed by atoms with van der Waals surface area (Å²) >= 11 is 0. The first-order chi connectivity index (χ1) is 12.6. The van der Waals surface area contributed by atoms with Crippen LogP contribution in [0.5, 0.6) is 0 Å². The minimum atomic E-state index is -0.00413. The first-order valence-electron chi connectivity index (χ1n) is 9.21.